The molecular weight excluding hydrogens is 648 g/mol. The lowest BCUT2D eigenvalue weighted by atomic mass is 10.0. The van der Waals surface area contributed by atoms with Crippen LogP contribution in [0, 0.1) is 17.0 Å². The highest BCUT2D eigenvalue weighted by Crippen LogP contribution is 2.47. The van der Waals surface area contributed by atoms with Crippen molar-refractivity contribution in [3.8, 4) is 17.2 Å². The van der Waals surface area contributed by atoms with E-state index in [2.05, 4.69) is 25.8 Å². The number of likely N-dealkylation sites (N-methyl/N-ethyl adjacent to an activating group) is 1. The largest absolute Gasteiger partial charge is 0.493 e. The third-order valence-corrected chi connectivity index (χ3v) is 8.92. The molecule has 1 unspecified atom stereocenters. The molecule has 2 aliphatic rings. The molecule has 262 valence electrons. The van der Waals surface area contributed by atoms with Crippen molar-refractivity contribution in [1.29, 1.82) is 0 Å². The number of fused-ring (bicyclic) bond motifs is 1. The summed E-state index contributed by atoms with van der Waals surface area (Å²) in [5.41, 5.74) is -0.115. The number of hydrogen-bond donors (Lipinski definition) is 3. The van der Waals surface area contributed by atoms with Gasteiger partial charge >= 0.3 is 5.97 Å². The summed E-state index contributed by atoms with van der Waals surface area (Å²) in [7, 11) is 1.71. The number of esters is 1. The third kappa shape index (κ3) is 8.35. The highest BCUT2D eigenvalue weighted by molar-refractivity contribution is 6.16. The number of pyridine rings is 1. The fraction of sp³-hybridized carbons (Fsp3) is 0.351. The lowest BCUT2D eigenvalue weighted by molar-refractivity contribution is -0.144. The van der Waals surface area contributed by atoms with Crippen LogP contribution >= 0.6 is 0 Å². The maximum absolute atomic E-state index is 15.2. The quantitative estimate of drug-likeness (QED) is 0.0824. The molecule has 4 aromatic rings. The second kappa shape index (κ2) is 15.6. The van der Waals surface area contributed by atoms with Crippen LogP contribution in [0.1, 0.15) is 32.1 Å². The number of carbonyl (C=O) groups excluding carboxylic acids is 3. The van der Waals surface area contributed by atoms with E-state index in [0.29, 0.717) is 54.1 Å². The van der Waals surface area contributed by atoms with E-state index in [0.717, 1.165) is 38.4 Å². The van der Waals surface area contributed by atoms with Crippen LogP contribution in [0.4, 0.5) is 20.2 Å². The Morgan fingerprint density at radius 3 is 2.44 bits per heavy atom. The first kappa shape index (κ1) is 34.7. The highest BCUT2D eigenvalue weighted by atomic mass is 19.1. The molecule has 6 rings (SSSR count). The Bertz CT molecular complexity index is 1850. The van der Waals surface area contributed by atoms with Gasteiger partial charge in [0.05, 0.1) is 18.7 Å². The number of anilines is 2. The molecule has 2 amide bonds. The number of benzene rings is 3. The van der Waals surface area contributed by atoms with Crippen LogP contribution in [-0.4, -0.2) is 73.6 Å². The van der Waals surface area contributed by atoms with Gasteiger partial charge in [-0.25, -0.2) is 8.78 Å². The fourth-order valence-electron chi connectivity index (χ4n) is 6.00. The van der Waals surface area contributed by atoms with Crippen LogP contribution < -0.4 is 25.4 Å². The fourth-order valence-corrected chi connectivity index (χ4v) is 6.00. The maximum atomic E-state index is 15.2. The first-order valence-corrected chi connectivity index (χ1v) is 16.7. The molecule has 1 saturated heterocycles. The minimum atomic E-state index is -1.28. The summed E-state index contributed by atoms with van der Waals surface area (Å²) in [5, 5.41) is 8.75. The van der Waals surface area contributed by atoms with Crippen molar-refractivity contribution in [2.24, 2.45) is 5.41 Å². The van der Waals surface area contributed by atoms with E-state index >= 15 is 4.39 Å². The predicted octanol–water partition coefficient (Wildman–Crippen LogP) is 5.66. The number of nitrogens with one attached hydrogen (secondary N) is 3. The molecule has 0 spiro atoms. The molecule has 0 bridgehead atoms. The lowest BCUT2D eigenvalue weighted by Crippen LogP contribution is -2.36. The topological polar surface area (TPSA) is 131 Å². The number of ether oxygens (including phenoxy) is 3. The van der Waals surface area contributed by atoms with Crippen LogP contribution in [0.5, 0.6) is 17.2 Å². The molecule has 3 N–H and O–H groups in total. The molecule has 1 saturated carbocycles. The molecule has 1 aliphatic heterocycles. The third-order valence-electron chi connectivity index (χ3n) is 8.92. The van der Waals surface area contributed by atoms with E-state index < -0.39 is 28.9 Å². The predicted molar refractivity (Wildman–Crippen MR) is 183 cm³/mol. The van der Waals surface area contributed by atoms with Crippen LogP contribution in [0.15, 0.2) is 72.9 Å². The van der Waals surface area contributed by atoms with Crippen molar-refractivity contribution in [2.45, 2.75) is 38.1 Å². The zero-order valence-corrected chi connectivity index (χ0v) is 27.7. The van der Waals surface area contributed by atoms with E-state index in [1.807, 2.05) is 12.1 Å². The van der Waals surface area contributed by atoms with Crippen LogP contribution in [0.25, 0.3) is 10.9 Å². The molecule has 11 nitrogen and oxygen atoms in total. The molecule has 2 fully saturated rings. The van der Waals surface area contributed by atoms with E-state index in [4.69, 9.17) is 14.2 Å². The van der Waals surface area contributed by atoms with E-state index in [9.17, 15) is 18.8 Å². The summed E-state index contributed by atoms with van der Waals surface area (Å²) in [6, 6.07) is 16.6. The Balaban J connectivity index is 1.01. The number of nitrogens with zero attached hydrogens (tertiary/aromatic N) is 2. The Kier molecular flexibility index (Phi) is 10.8. The van der Waals surface area contributed by atoms with Gasteiger partial charge in [-0.3, -0.25) is 24.3 Å². The minimum Gasteiger partial charge on any atom is -0.493 e. The summed E-state index contributed by atoms with van der Waals surface area (Å²) in [5.74, 6) is -1.46. The number of aromatic nitrogens is 1. The van der Waals surface area contributed by atoms with Gasteiger partial charge in [-0.05, 0) is 100 Å². The lowest BCUT2D eigenvalue weighted by Gasteiger charge is -2.24. The second-order valence-electron chi connectivity index (χ2n) is 12.5. The van der Waals surface area contributed by atoms with Gasteiger partial charge in [-0.2, -0.15) is 0 Å². The van der Waals surface area contributed by atoms with Gasteiger partial charge in [0.1, 0.15) is 29.3 Å². The maximum Gasteiger partial charge on any atom is 0.319 e. The normalized spacial score (nSPS) is 16.5. The van der Waals surface area contributed by atoms with Gasteiger partial charge in [-0.15, -0.1) is 0 Å². The van der Waals surface area contributed by atoms with Gasteiger partial charge in [0.2, 0.25) is 11.8 Å². The van der Waals surface area contributed by atoms with Gasteiger partial charge < -0.3 is 30.2 Å². The van der Waals surface area contributed by atoms with Crippen molar-refractivity contribution >= 4 is 40.1 Å². The summed E-state index contributed by atoms with van der Waals surface area (Å²) in [6.45, 7) is 2.90. The average Bonchev–Trinajstić information content (AvgIpc) is 3.81. The Labute approximate surface area is 288 Å². The first-order valence-electron chi connectivity index (χ1n) is 16.7. The number of rotatable bonds is 15. The monoisotopic (exact) mass is 687 g/mol. The van der Waals surface area contributed by atoms with Gasteiger partial charge in [0, 0.05) is 47.7 Å². The molecule has 1 atom stereocenters. The van der Waals surface area contributed by atoms with Gasteiger partial charge in [0.25, 0.3) is 0 Å². The van der Waals surface area contributed by atoms with Crippen molar-refractivity contribution in [3.63, 3.8) is 0 Å². The SMILES string of the molecule is CNCC(=O)OCC1CCCN1CCCOc1ccc2c(Oc3ccc(NC(=O)C4(C(=O)Nc5ccc(F)cc5)CC4)cc3F)ccnc2c1. The van der Waals surface area contributed by atoms with Crippen molar-refractivity contribution in [3.05, 3.63) is 84.6 Å². The molecule has 3 aromatic carbocycles. The summed E-state index contributed by atoms with van der Waals surface area (Å²) < 4.78 is 45.7. The Morgan fingerprint density at radius 2 is 1.70 bits per heavy atom. The standard InChI is InChI=1S/C37H39F2N5O6/c1-40-22-34(45)49-23-27-4-2-17-44(27)18-3-19-48-28-10-11-29-31(21-28)41-16-13-32(29)50-33-12-9-26(20-30(33)39)43-36(47)37(14-15-37)35(46)42-25-7-5-24(38)6-8-25/h5-13,16,20-21,27,40H,2-4,14-15,17-19,22-23H2,1H3,(H,42,46)(H,43,47). The molecule has 1 aliphatic carbocycles. The van der Waals surface area contributed by atoms with Gasteiger partial charge in [-0.1, -0.05) is 0 Å². The number of amides is 2. The Morgan fingerprint density at radius 1 is 0.940 bits per heavy atom. The number of halogens is 2. The first-order chi connectivity index (χ1) is 24.2. The molecule has 0 radical (unpaired) electrons. The highest BCUT2D eigenvalue weighted by Gasteiger charge is 2.56. The number of hydrogen-bond acceptors (Lipinski definition) is 9. The summed E-state index contributed by atoms with van der Waals surface area (Å²) in [4.78, 5) is 44.4. The van der Waals surface area contributed by atoms with Crippen LogP contribution in [0.2, 0.25) is 0 Å². The molecule has 13 heteroatoms. The van der Waals surface area contributed by atoms with Crippen LogP contribution in [-0.2, 0) is 19.1 Å². The van der Waals surface area contributed by atoms with Crippen LogP contribution in [0.3, 0.4) is 0 Å². The molecule has 2 heterocycles. The molecule has 1 aromatic heterocycles. The number of likely N-dealkylation sites (tertiary alicyclic amines) is 1. The minimum absolute atomic E-state index is 0.0528. The molecular formula is C37H39F2N5O6. The summed E-state index contributed by atoms with van der Waals surface area (Å²) >= 11 is 0. The van der Waals surface area contributed by atoms with Crippen molar-refractivity contribution < 1.29 is 37.4 Å². The van der Waals surface area contributed by atoms with Gasteiger partial charge in [0.15, 0.2) is 11.6 Å². The Hall–Kier alpha value is -5.14. The van der Waals surface area contributed by atoms with E-state index in [1.54, 1.807) is 25.4 Å². The average molecular weight is 688 g/mol. The van der Waals surface area contributed by atoms with Crippen molar-refractivity contribution in [2.75, 3.05) is 50.5 Å². The smallest absolute Gasteiger partial charge is 0.319 e. The number of carbonyl (C=O) groups is 3. The summed E-state index contributed by atoms with van der Waals surface area (Å²) in [6.07, 6.45) is 5.12. The van der Waals surface area contributed by atoms with Crippen molar-refractivity contribution in [1.82, 2.24) is 15.2 Å². The molecule has 50 heavy (non-hydrogen) atoms. The van der Waals surface area contributed by atoms with E-state index in [-0.39, 0.29) is 30.0 Å². The van der Waals surface area contributed by atoms with E-state index in [1.165, 1.54) is 36.4 Å². The second-order valence-corrected chi connectivity index (χ2v) is 12.5. The zero-order chi connectivity index (χ0) is 35.1. The zero-order valence-electron chi connectivity index (χ0n) is 27.7.